The monoisotopic (exact) mass is 368 g/mol. The van der Waals surface area contributed by atoms with Crippen molar-refractivity contribution in [2.75, 3.05) is 26.9 Å². The van der Waals surface area contributed by atoms with E-state index < -0.39 is 6.04 Å². The third-order valence-electron chi connectivity index (χ3n) is 4.58. The first-order valence-electron chi connectivity index (χ1n) is 9.00. The van der Waals surface area contributed by atoms with Crippen molar-refractivity contribution in [3.05, 3.63) is 65.7 Å². The maximum atomic E-state index is 12.7. The molecule has 3 rings (SSSR count). The van der Waals surface area contributed by atoms with Gasteiger partial charge in [0.15, 0.2) is 0 Å². The van der Waals surface area contributed by atoms with Gasteiger partial charge in [0, 0.05) is 13.1 Å². The maximum absolute atomic E-state index is 12.7. The molecule has 2 aromatic carbocycles. The Bertz CT molecular complexity index is 779. The fraction of sp³-hybridized carbons (Fsp3) is 0.333. The Labute approximate surface area is 159 Å². The molecule has 0 radical (unpaired) electrons. The van der Waals surface area contributed by atoms with Crippen LogP contribution in [0.25, 0.3) is 0 Å². The van der Waals surface area contributed by atoms with Crippen LogP contribution in [0.1, 0.15) is 11.1 Å². The summed E-state index contributed by atoms with van der Waals surface area (Å²) in [5.74, 6) is 0.428. The first kappa shape index (κ1) is 18.9. The lowest BCUT2D eigenvalue weighted by Gasteiger charge is -2.34. The number of amides is 2. The molecule has 0 unspecified atom stereocenters. The number of para-hydroxylation sites is 1. The van der Waals surface area contributed by atoms with Crippen LogP contribution in [0.5, 0.6) is 5.75 Å². The molecule has 1 aliphatic heterocycles. The fourth-order valence-corrected chi connectivity index (χ4v) is 3.15. The molecule has 1 aliphatic rings. The Balaban J connectivity index is 1.60. The van der Waals surface area contributed by atoms with Crippen molar-refractivity contribution >= 4 is 11.8 Å². The Kier molecular flexibility index (Phi) is 6.44. The van der Waals surface area contributed by atoms with Crippen molar-refractivity contribution in [3.8, 4) is 5.75 Å². The molecule has 0 spiro atoms. The minimum atomic E-state index is -0.621. The highest BCUT2D eigenvalue weighted by Crippen LogP contribution is 2.17. The highest BCUT2D eigenvalue weighted by molar-refractivity contribution is 5.89. The van der Waals surface area contributed by atoms with E-state index in [-0.39, 0.29) is 25.0 Å². The summed E-state index contributed by atoms with van der Waals surface area (Å²) in [6.45, 7) is 1.08. The molecule has 2 aromatic rings. The van der Waals surface area contributed by atoms with E-state index in [9.17, 15) is 9.59 Å². The number of carbonyl (C=O) groups excluding carboxylic acids is 2. The van der Waals surface area contributed by atoms with Crippen LogP contribution in [0.4, 0.5) is 0 Å². The van der Waals surface area contributed by atoms with E-state index in [1.165, 1.54) is 0 Å². The lowest BCUT2D eigenvalue weighted by molar-refractivity contribution is -0.155. The lowest BCUT2D eigenvalue weighted by Crippen LogP contribution is -2.56. The minimum absolute atomic E-state index is 0.0117. The van der Waals surface area contributed by atoms with Gasteiger partial charge >= 0.3 is 0 Å². The Morgan fingerprint density at radius 3 is 2.70 bits per heavy atom. The number of carbonyl (C=O) groups is 2. The van der Waals surface area contributed by atoms with E-state index in [1.54, 1.807) is 12.0 Å². The number of ether oxygens (including phenoxy) is 2. The molecule has 1 N–H and O–H groups in total. The van der Waals surface area contributed by atoms with Gasteiger partial charge in [-0.1, -0.05) is 48.5 Å². The summed E-state index contributed by atoms with van der Waals surface area (Å²) in [5.41, 5.74) is 2.01. The predicted molar refractivity (Wildman–Crippen MR) is 101 cm³/mol. The summed E-state index contributed by atoms with van der Waals surface area (Å²) < 4.78 is 10.6. The van der Waals surface area contributed by atoms with E-state index >= 15 is 0 Å². The van der Waals surface area contributed by atoms with Gasteiger partial charge in [-0.05, 0) is 23.6 Å². The average molecular weight is 368 g/mol. The quantitative estimate of drug-likeness (QED) is 0.809. The molecular weight excluding hydrogens is 344 g/mol. The topological polar surface area (TPSA) is 67.9 Å². The van der Waals surface area contributed by atoms with E-state index in [2.05, 4.69) is 5.32 Å². The van der Waals surface area contributed by atoms with Crippen molar-refractivity contribution in [3.63, 3.8) is 0 Å². The molecule has 0 aliphatic carbocycles. The van der Waals surface area contributed by atoms with Gasteiger partial charge in [0.25, 0.3) is 0 Å². The van der Waals surface area contributed by atoms with Gasteiger partial charge in [0.1, 0.15) is 18.4 Å². The van der Waals surface area contributed by atoms with E-state index in [1.807, 2.05) is 54.6 Å². The van der Waals surface area contributed by atoms with Gasteiger partial charge in [-0.3, -0.25) is 9.59 Å². The number of rotatable bonds is 7. The molecule has 1 saturated heterocycles. The van der Waals surface area contributed by atoms with Crippen LogP contribution in [0.15, 0.2) is 54.6 Å². The van der Waals surface area contributed by atoms with Crippen molar-refractivity contribution in [1.29, 1.82) is 0 Å². The summed E-state index contributed by atoms with van der Waals surface area (Å²) in [6.07, 6.45) is 0.649. The zero-order valence-corrected chi connectivity index (χ0v) is 15.4. The number of nitrogens with one attached hydrogen (secondary N) is 1. The van der Waals surface area contributed by atoms with Gasteiger partial charge in [-0.2, -0.15) is 0 Å². The van der Waals surface area contributed by atoms with E-state index in [0.29, 0.717) is 19.5 Å². The van der Waals surface area contributed by atoms with Gasteiger partial charge < -0.3 is 19.7 Å². The van der Waals surface area contributed by atoms with E-state index in [4.69, 9.17) is 9.47 Å². The van der Waals surface area contributed by atoms with Crippen molar-refractivity contribution in [2.24, 2.45) is 0 Å². The second-order valence-electron chi connectivity index (χ2n) is 6.39. The first-order chi connectivity index (χ1) is 13.2. The summed E-state index contributed by atoms with van der Waals surface area (Å²) >= 11 is 0. The Morgan fingerprint density at radius 1 is 1.19 bits per heavy atom. The third kappa shape index (κ3) is 4.86. The second kappa shape index (κ2) is 9.19. The SMILES string of the molecule is COc1ccccc1CCNC(=O)[C@H]1COCC(=O)N1Cc1ccccc1. The number of morpholine rings is 1. The molecule has 2 amide bonds. The van der Waals surface area contributed by atoms with Gasteiger partial charge in [0.2, 0.25) is 11.8 Å². The second-order valence-corrected chi connectivity index (χ2v) is 6.39. The predicted octanol–water partition coefficient (Wildman–Crippen LogP) is 1.78. The number of methoxy groups -OCH3 is 1. The summed E-state index contributed by atoms with van der Waals surface area (Å²) in [7, 11) is 1.63. The first-order valence-corrected chi connectivity index (χ1v) is 9.00. The van der Waals surface area contributed by atoms with Crippen LogP contribution in [0.2, 0.25) is 0 Å². The van der Waals surface area contributed by atoms with E-state index in [0.717, 1.165) is 16.9 Å². The molecule has 1 fully saturated rings. The molecule has 1 heterocycles. The number of hydrogen-bond donors (Lipinski definition) is 1. The Morgan fingerprint density at radius 2 is 1.93 bits per heavy atom. The highest BCUT2D eigenvalue weighted by atomic mass is 16.5. The molecule has 0 bridgehead atoms. The largest absolute Gasteiger partial charge is 0.496 e. The van der Waals surface area contributed by atoms with Crippen molar-refractivity contribution in [1.82, 2.24) is 10.2 Å². The van der Waals surface area contributed by atoms with Gasteiger partial charge in [-0.15, -0.1) is 0 Å². The van der Waals surface area contributed by atoms with Crippen LogP contribution >= 0.6 is 0 Å². The average Bonchev–Trinajstić information content (AvgIpc) is 2.70. The number of hydrogen-bond acceptors (Lipinski definition) is 4. The molecule has 142 valence electrons. The smallest absolute Gasteiger partial charge is 0.249 e. The van der Waals surface area contributed by atoms with Crippen LogP contribution in [-0.2, 0) is 27.3 Å². The van der Waals surface area contributed by atoms with Gasteiger partial charge in [-0.25, -0.2) is 0 Å². The molecule has 6 heteroatoms. The lowest BCUT2D eigenvalue weighted by atomic mass is 10.1. The summed E-state index contributed by atoms with van der Waals surface area (Å²) in [5, 5.41) is 2.92. The summed E-state index contributed by atoms with van der Waals surface area (Å²) in [6, 6.07) is 16.7. The molecule has 6 nitrogen and oxygen atoms in total. The number of benzene rings is 2. The molecule has 1 atom stereocenters. The molecule has 27 heavy (non-hydrogen) atoms. The molecule has 0 saturated carbocycles. The molecule has 0 aromatic heterocycles. The van der Waals surface area contributed by atoms with Crippen LogP contribution in [0, 0.1) is 0 Å². The van der Waals surface area contributed by atoms with Crippen LogP contribution in [-0.4, -0.2) is 49.6 Å². The Hall–Kier alpha value is -2.86. The maximum Gasteiger partial charge on any atom is 0.249 e. The van der Waals surface area contributed by atoms with Crippen LogP contribution < -0.4 is 10.1 Å². The standard InChI is InChI=1S/C21H24N2O4/c1-26-19-10-6-5-9-17(19)11-12-22-21(25)18-14-27-15-20(24)23(18)13-16-7-3-2-4-8-16/h2-10,18H,11-15H2,1H3,(H,22,25)/t18-/m1/s1. The zero-order valence-electron chi connectivity index (χ0n) is 15.4. The fourth-order valence-electron chi connectivity index (χ4n) is 3.15. The van der Waals surface area contributed by atoms with Crippen LogP contribution in [0.3, 0.4) is 0 Å². The normalized spacial score (nSPS) is 16.9. The molecular formula is C21H24N2O4. The zero-order chi connectivity index (χ0) is 19.1. The van der Waals surface area contributed by atoms with Crippen molar-refractivity contribution in [2.45, 2.75) is 19.0 Å². The highest BCUT2D eigenvalue weighted by Gasteiger charge is 2.33. The van der Waals surface area contributed by atoms with Crippen molar-refractivity contribution < 1.29 is 19.1 Å². The minimum Gasteiger partial charge on any atom is -0.496 e. The third-order valence-corrected chi connectivity index (χ3v) is 4.58. The van der Waals surface area contributed by atoms with Gasteiger partial charge in [0.05, 0.1) is 13.7 Å². The summed E-state index contributed by atoms with van der Waals surface area (Å²) in [4.78, 5) is 26.6. The number of nitrogens with zero attached hydrogens (tertiary/aromatic N) is 1.